The van der Waals surface area contributed by atoms with Crippen LogP contribution in [0.1, 0.15) is 59.8 Å². The molecule has 4 rings (SSSR count). The van der Waals surface area contributed by atoms with E-state index in [9.17, 15) is 14.7 Å². The molecule has 39 heavy (non-hydrogen) atoms. The molecular weight excluding hydrogens is 526 g/mol. The number of alkyl carbamates (subject to hydrolysis) is 1. The first-order valence-electron chi connectivity index (χ1n) is 12.6. The Kier molecular flexibility index (Phi) is 7.91. The van der Waals surface area contributed by atoms with Gasteiger partial charge in [0.05, 0.1) is 5.39 Å². The number of carbonyl (C=O) groups is 2. The molecule has 1 saturated heterocycles. The zero-order chi connectivity index (χ0) is 28.6. The van der Waals surface area contributed by atoms with Crippen LogP contribution in [0.5, 0.6) is 0 Å². The van der Waals surface area contributed by atoms with Crippen LogP contribution in [-0.2, 0) is 25.5 Å². The molecule has 12 heteroatoms. The smallest absolute Gasteiger partial charge is 0.407 e. The molecule has 0 bridgehead atoms. The van der Waals surface area contributed by atoms with E-state index in [1.165, 1.54) is 20.2 Å². The van der Waals surface area contributed by atoms with Gasteiger partial charge in [-0.3, -0.25) is 4.79 Å². The maximum atomic E-state index is 13.5. The van der Waals surface area contributed by atoms with E-state index in [0.717, 1.165) is 5.56 Å². The summed E-state index contributed by atoms with van der Waals surface area (Å²) in [5.74, 6) is -1.98. The summed E-state index contributed by atoms with van der Waals surface area (Å²) in [5, 5.41) is 17.0. The van der Waals surface area contributed by atoms with Gasteiger partial charge in [0.1, 0.15) is 34.6 Å². The summed E-state index contributed by atoms with van der Waals surface area (Å²) in [6.07, 6.45) is 1.14. The lowest BCUT2D eigenvalue weighted by Gasteiger charge is -2.34. The van der Waals surface area contributed by atoms with Crippen molar-refractivity contribution >= 4 is 40.3 Å². The van der Waals surface area contributed by atoms with Crippen LogP contribution in [0.25, 0.3) is 11.0 Å². The van der Waals surface area contributed by atoms with Crippen molar-refractivity contribution in [1.29, 1.82) is 0 Å². The molecule has 0 aliphatic carbocycles. The van der Waals surface area contributed by atoms with Crippen molar-refractivity contribution in [2.24, 2.45) is 0 Å². The maximum absolute atomic E-state index is 13.5. The van der Waals surface area contributed by atoms with Crippen LogP contribution in [0.4, 0.5) is 10.5 Å². The van der Waals surface area contributed by atoms with Crippen molar-refractivity contribution in [3.8, 4) is 0 Å². The lowest BCUT2D eigenvalue weighted by Crippen LogP contribution is -2.50. The first kappa shape index (κ1) is 28.8. The Bertz CT molecular complexity index is 1360. The number of ether oxygens (including phenoxy) is 3. The van der Waals surface area contributed by atoms with E-state index in [4.69, 9.17) is 25.8 Å². The third-order valence-electron chi connectivity index (χ3n) is 5.95. The Hall–Kier alpha value is -3.25. The van der Waals surface area contributed by atoms with Gasteiger partial charge >= 0.3 is 6.09 Å². The number of aliphatic hydroxyl groups is 1. The molecule has 0 unspecified atom stereocenters. The summed E-state index contributed by atoms with van der Waals surface area (Å²) in [7, 11) is 0. The molecule has 3 atom stereocenters. The van der Waals surface area contributed by atoms with Crippen molar-refractivity contribution in [2.75, 3.05) is 5.32 Å². The van der Waals surface area contributed by atoms with Gasteiger partial charge in [0.2, 0.25) is 0 Å². The van der Waals surface area contributed by atoms with Crippen LogP contribution < -0.4 is 10.6 Å². The fourth-order valence-electron chi connectivity index (χ4n) is 4.60. The van der Waals surface area contributed by atoms with Crippen molar-refractivity contribution in [2.45, 2.75) is 83.8 Å². The highest BCUT2D eigenvalue weighted by Gasteiger charge is 2.53. The highest BCUT2D eigenvalue weighted by molar-refractivity contribution is 6.33. The molecule has 3 heterocycles. The number of nitrogens with one attached hydrogen (secondary N) is 2. The summed E-state index contributed by atoms with van der Waals surface area (Å²) in [4.78, 5) is 33.9. The van der Waals surface area contributed by atoms with Crippen LogP contribution in [0.15, 0.2) is 42.9 Å². The number of nitrogens with zero attached hydrogens (tertiary/aromatic N) is 3. The molecule has 210 valence electrons. The van der Waals surface area contributed by atoms with Crippen molar-refractivity contribution in [3.05, 3.63) is 53.6 Å². The molecule has 0 radical (unpaired) electrons. The Morgan fingerprint density at radius 3 is 2.67 bits per heavy atom. The van der Waals surface area contributed by atoms with E-state index < -0.39 is 41.3 Å². The van der Waals surface area contributed by atoms with Gasteiger partial charge in [-0.05, 0) is 65.3 Å². The van der Waals surface area contributed by atoms with Crippen LogP contribution >= 0.6 is 11.6 Å². The second-order valence-electron chi connectivity index (χ2n) is 11.2. The molecule has 2 aromatic heterocycles. The number of aromatic nitrogens is 3. The predicted molar refractivity (Wildman–Crippen MR) is 145 cm³/mol. The number of carbonyl (C=O) groups excluding carboxylic acids is 2. The SMILES string of the molecule is CC(C)(C)OC(=O)NCc1cccc(NC(=O)[C@H]2O[C@@H](n3ccc4c(Cl)ncnc43)C[C@]2(C)OC(C)(C)O)c1. The Morgan fingerprint density at radius 2 is 1.97 bits per heavy atom. The third kappa shape index (κ3) is 7.04. The Labute approximate surface area is 231 Å². The highest BCUT2D eigenvalue weighted by Crippen LogP contribution is 2.43. The lowest BCUT2D eigenvalue weighted by atomic mass is 9.95. The van der Waals surface area contributed by atoms with E-state index in [-0.39, 0.29) is 13.0 Å². The number of hydrogen-bond donors (Lipinski definition) is 3. The molecule has 1 aliphatic rings. The quantitative estimate of drug-likeness (QED) is 0.283. The molecular formula is C27H34ClN5O6. The molecule has 1 aliphatic heterocycles. The summed E-state index contributed by atoms with van der Waals surface area (Å²) in [6.45, 7) is 10.3. The van der Waals surface area contributed by atoms with Gasteiger partial charge in [0.15, 0.2) is 11.9 Å². The van der Waals surface area contributed by atoms with E-state index in [1.807, 2.05) is 6.07 Å². The number of benzene rings is 1. The van der Waals surface area contributed by atoms with Gasteiger partial charge in [-0.2, -0.15) is 0 Å². The number of amides is 2. The maximum Gasteiger partial charge on any atom is 0.407 e. The molecule has 3 aromatic rings. The van der Waals surface area contributed by atoms with Gasteiger partial charge < -0.3 is 34.5 Å². The molecule has 11 nitrogen and oxygen atoms in total. The average molecular weight is 560 g/mol. The van der Waals surface area contributed by atoms with Crippen LogP contribution in [0.3, 0.4) is 0 Å². The van der Waals surface area contributed by atoms with E-state index in [2.05, 4.69) is 20.6 Å². The van der Waals surface area contributed by atoms with Crippen molar-refractivity contribution in [3.63, 3.8) is 0 Å². The zero-order valence-corrected chi connectivity index (χ0v) is 23.6. The first-order chi connectivity index (χ1) is 18.1. The second-order valence-corrected chi connectivity index (χ2v) is 11.6. The number of halogens is 1. The van der Waals surface area contributed by atoms with Crippen molar-refractivity contribution in [1.82, 2.24) is 19.9 Å². The third-order valence-corrected chi connectivity index (χ3v) is 6.25. The largest absolute Gasteiger partial charge is 0.444 e. The highest BCUT2D eigenvalue weighted by atomic mass is 35.5. The van der Waals surface area contributed by atoms with E-state index in [1.54, 1.807) is 62.7 Å². The average Bonchev–Trinajstić information content (AvgIpc) is 3.37. The standard InChI is InChI=1S/C27H34ClN5O6/c1-25(2,3)38-24(35)29-14-16-8-7-9-17(12-16)32-23(34)20-27(6,39-26(4,5)36)13-19(37-20)33-11-10-18-21(28)30-15-31-22(18)33/h7-12,15,19-20,36H,13-14H2,1-6H3,(H,29,35)(H,32,34)/t19-,20-,27+/m1/s1. The van der Waals surface area contributed by atoms with Crippen molar-refractivity contribution < 1.29 is 28.9 Å². The second kappa shape index (κ2) is 10.7. The molecule has 1 fully saturated rings. The van der Waals surface area contributed by atoms with Gasteiger partial charge in [-0.15, -0.1) is 0 Å². The fraction of sp³-hybridized carbons (Fsp3) is 0.481. The molecule has 1 aromatic carbocycles. The summed E-state index contributed by atoms with van der Waals surface area (Å²) in [5.41, 5.74) is 0.0259. The van der Waals surface area contributed by atoms with Gasteiger partial charge in [-0.25, -0.2) is 14.8 Å². The van der Waals surface area contributed by atoms with Crippen LogP contribution in [0.2, 0.25) is 5.15 Å². The topological polar surface area (TPSA) is 137 Å². The van der Waals surface area contributed by atoms with Crippen LogP contribution in [-0.4, -0.2) is 54.7 Å². The van der Waals surface area contributed by atoms with Gasteiger partial charge in [0.25, 0.3) is 5.91 Å². The monoisotopic (exact) mass is 559 g/mol. The molecule has 0 spiro atoms. The minimum atomic E-state index is -1.52. The fourth-order valence-corrected chi connectivity index (χ4v) is 4.79. The van der Waals surface area contributed by atoms with Gasteiger partial charge in [0, 0.05) is 24.8 Å². The predicted octanol–water partition coefficient (Wildman–Crippen LogP) is 4.54. The normalized spacial score (nSPS) is 21.6. The number of fused-ring (bicyclic) bond motifs is 1. The summed E-state index contributed by atoms with van der Waals surface area (Å²) in [6, 6.07) is 8.84. The van der Waals surface area contributed by atoms with E-state index in [0.29, 0.717) is 21.9 Å². The summed E-state index contributed by atoms with van der Waals surface area (Å²) >= 11 is 6.21. The molecule has 2 amide bonds. The van der Waals surface area contributed by atoms with Crippen LogP contribution in [0, 0.1) is 0 Å². The van der Waals surface area contributed by atoms with E-state index >= 15 is 0 Å². The minimum absolute atomic E-state index is 0.214. The molecule has 3 N–H and O–H groups in total. The van der Waals surface area contributed by atoms with Gasteiger partial charge in [-0.1, -0.05) is 23.7 Å². The lowest BCUT2D eigenvalue weighted by molar-refractivity contribution is -0.248. The number of hydrogen-bond acceptors (Lipinski definition) is 8. The number of anilines is 1. The molecule has 0 saturated carbocycles. The zero-order valence-electron chi connectivity index (χ0n) is 22.8. The number of rotatable bonds is 7. The minimum Gasteiger partial charge on any atom is -0.444 e. The Balaban J connectivity index is 1.52. The summed E-state index contributed by atoms with van der Waals surface area (Å²) < 4.78 is 19.3. The first-order valence-corrected chi connectivity index (χ1v) is 12.9. The Morgan fingerprint density at radius 1 is 1.23 bits per heavy atom.